The summed E-state index contributed by atoms with van der Waals surface area (Å²) in [5.41, 5.74) is 0.895. The molecular formula is C29H29FN6O5. The number of benzene rings is 2. The molecule has 2 aliphatic rings. The average Bonchev–Trinajstić information content (AvgIpc) is 3.76. The van der Waals surface area contributed by atoms with Gasteiger partial charge in [0, 0.05) is 12.6 Å². The molecule has 6 rings (SSSR count). The largest absolute Gasteiger partial charge is 0.467 e. The molecule has 2 aromatic carbocycles. The second kappa shape index (κ2) is 11.8. The predicted octanol–water partition coefficient (Wildman–Crippen LogP) is 4.02. The van der Waals surface area contributed by atoms with Crippen LogP contribution in [0.15, 0.2) is 65.3 Å². The van der Waals surface area contributed by atoms with Crippen LogP contribution in [0.4, 0.5) is 4.39 Å². The van der Waals surface area contributed by atoms with E-state index in [1.54, 1.807) is 36.4 Å². The molecule has 1 aliphatic carbocycles. The molecule has 1 saturated carbocycles. The van der Waals surface area contributed by atoms with Crippen molar-refractivity contribution >= 4 is 11.8 Å². The minimum atomic E-state index is -1.06. The third-order valence-corrected chi connectivity index (χ3v) is 7.28. The fourth-order valence-electron chi connectivity index (χ4n) is 5.23. The summed E-state index contributed by atoms with van der Waals surface area (Å²) in [4.78, 5) is 30.3. The van der Waals surface area contributed by atoms with Gasteiger partial charge < -0.3 is 24.1 Å². The first-order valence-corrected chi connectivity index (χ1v) is 13.6. The third-order valence-electron chi connectivity index (χ3n) is 7.28. The van der Waals surface area contributed by atoms with Crippen LogP contribution in [0.25, 0.3) is 11.4 Å². The molecule has 0 radical (unpaired) electrons. The molecule has 0 saturated heterocycles. The molecule has 0 bridgehead atoms. The molecule has 0 spiro atoms. The highest BCUT2D eigenvalue weighted by Gasteiger charge is 2.35. The highest BCUT2D eigenvalue weighted by atomic mass is 19.1. The lowest BCUT2D eigenvalue weighted by Crippen LogP contribution is -2.47. The fraction of sp³-hybridized carbons (Fsp3) is 0.345. The Hall–Kier alpha value is -4.74. The third kappa shape index (κ3) is 5.91. The number of carbonyl (C=O) groups excluding carboxylic acids is 2. The number of nitrogens with zero attached hydrogens (tertiary/aromatic N) is 5. The number of aromatic nitrogens is 4. The Morgan fingerprint density at radius 3 is 2.68 bits per heavy atom. The van der Waals surface area contributed by atoms with Crippen LogP contribution >= 0.6 is 0 Å². The molecule has 2 aromatic heterocycles. The number of tetrazole rings is 1. The van der Waals surface area contributed by atoms with Crippen LogP contribution in [0, 0.1) is 5.82 Å². The summed E-state index contributed by atoms with van der Waals surface area (Å²) in [6, 6.07) is 13.7. The number of halogens is 1. The highest BCUT2D eigenvalue weighted by Crippen LogP contribution is 2.34. The number of hydrogen-bond acceptors (Lipinski definition) is 8. The summed E-state index contributed by atoms with van der Waals surface area (Å²) in [7, 11) is 0. The number of rotatable bonds is 9. The molecular weight excluding hydrogens is 531 g/mol. The van der Waals surface area contributed by atoms with Crippen LogP contribution in [0.1, 0.15) is 49.5 Å². The minimum absolute atomic E-state index is 0.0246. The van der Waals surface area contributed by atoms with Crippen molar-refractivity contribution in [3.63, 3.8) is 0 Å². The van der Waals surface area contributed by atoms with E-state index in [2.05, 4.69) is 20.7 Å². The second-order valence-corrected chi connectivity index (χ2v) is 10.1. The van der Waals surface area contributed by atoms with Crippen molar-refractivity contribution < 1.29 is 27.9 Å². The number of carbonyl (C=O) groups is 2. The van der Waals surface area contributed by atoms with Crippen molar-refractivity contribution in [1.82, 2.24) is 30.4 Å². The number of ether oxygens (including phenoxy) is 2. The smallest absolute Gasteiger partial charge is 0.250 e. The van der Waals surface area contributed by atoms with Gasteiger partial charge in [-0.3, -0.25) is 9.59 Å². The van der Waals surface area contributed by atoms with Gasteiger partial charge in [-0.15, -0.1) is 10.2 Å². The molecule has 3 heterocycles. The van der Waals surface area contributed by atoms with Gasteiger partial charge in [0.05, 0.1) is 11.8 Å². The van der Waals surface area contributed by atoms with Crippen molar-refractivity contribution in [3.05, 3.63) is 78.0 Å². The topological polar surface area (TPSA) is 125 Å². The Morgan fingerprint density at radius 1 is 1.05 bits per heavy atom. The highest BCUT2D eigenvalue weighted by molar-refractivity contribution is 5.88. The maximum absolute atomic E-state index is 14.3. The van der Waals surface area contributed by atoms with Gasteiger partial charge in [0.25, 0.3) is 5.91 Å². The monoisotopic (exact) mass is 560 g/mol. The van der Waals surface area contributed by atoms with E-state index in [9.17, 15) is 14.0 Å². The fourth-order valence-corrected chi connectivity index (χ4v) is 5.23. The van der Waals surface area contributed by atoms with E-state index >= 15 is 0 Å². The van der Waals surface area contributed by atoms with Gasteiger partial charge in [-0.25, -0.2) is 4.39 Å². The Balaban J connectivity index is 1.30. The number of amides is 2. The molecule has 212 valence electrons. The standard InChI is InChI=1S/C29H29FN6O5/c30-22-10-5-4-9-21(22)28-32-34-36(33-28)17-26(37)35(16-19-12-13-23-25(15-19)41-18-40-23)27(24-11-6-14-39-24)29(38)31-20-7-2-1-3-8-20/h4-6,9-15,20,27H,1-3,7-8,16-18H2,(H,31,38)/t27-/m1/s1. The molecule has 1 N–H and O–H groups in total. The molecule has 1 fully saturated rings. The van der Waals surface area contributed by atoms with Crippen molar-refractivity contribution in [1.29, 1.82) is 0 Å². The van der Waals surface area contributed by atoms with Crippen molar-refractivity contribution in [2.24, 2.45) is 0 Å². The quantitative estimate of drug-likeness (QED) is 0.326. The summed E-state index contributed by atoms with van der Waals surface area (Å²) in [5.74, 6) is 0.252. The van der Waals surface area contributed by atoms with Crippen molar-refractivity contribution in [2.75, 3.05) is 6.79 Å². The van der Waals surface area contributed by atoms with Gasteiger partial charge in [-0.2, -0.15) is 4.80 Å². The number of hydrogen-bond donors (Lipinski definition) is 1. The van der Waals surface area contributed by atoms with E-state index in [0.717, 1.165) is 42.5 Å². The zero-order chi connectivity index (χ0) is 28.2. The molecule has 11 nitrogen and oxygen atoms in total. The van der Waals surface area contributed by atoms with Gasteiger partial charge in [-0.1, -0.05) is 37.5 Å². The lowest BCUT2D eigenvalue weighted by atomic mass is 9.95. The number of fused-ring (bicyclic) bond motifs is 1. The maximum atomic E-state index is 14.3. The van der Waals surface area contributed by atoms with Gasteiger partial charge >= 0.3 is 0 Å². The van der Waals surface area contributed by atoms with Gasteiger partial charge in [-0.05, 0) is 60.0 Å². The Kier molecular flexibility index (Phi) is 7.61. The van der Waals surface area contributed by atoms with Gasteiger partial charge in [0.2, 0.25) is 18.5 Å². The first-order valence-electron chi connectivity index (χ1n) is 13.6. The van der Waals surface area contributed by atoms with Crippen LogP contribution in [-0.2, 0) is 22.7 Å². The summed E-state index contributed by atoms with van der Waals surface area (Å²) in [6.07, 6.45) is 6.46. The first kappa shape index (κ1) is 26.5. The maximum Gasteiger partial charge on any atom is 0.250 e. The zero-order valence-electron chi connectivity index (χ0n) is 22.2. The summed E-state index contributed by atoms with van der Waals surface area (Å²) >= 11 is 0. The number of nitrogens with one attached hydrogen (secondary N) is 1. The first-order chi connectivity index (χ1) is 20.0. The van der Waals surface area contributed by atoms with Crippen LogP contribution in [-0.4, -0.2) is 49.8 Å². The second-order valence-electron chi connectivity index (χ2n) is 10.1. The molecule has 12 heteroatoms. The SMILES string of the molecule is O=C(NC1CCCCC1)[C@@H](c1ccco1)N(Cc1ccc2c(c1)OCO2)C(=O)Cn1nnc(-c2ccccc2F)n1. The number of furan rings is 1. The molecule has 2 amide bonds. The van der Waals surface area contributed by atoms with E-state index in [1.807, 2.05) is 6.07 Å². The molecule has 41 heavy (non-hydrogen) atoms. The average molecular weight is 561 g/mol. The van der Waals surface area contributed by atoms with Crippen LogP contribution < -0.4 is 14.8 Å². The van der Waals surface area contributed by atoms with Crippen LogP contribution in [0.5, 0.6) is 11.5 Å². The van der Waals surface area contributed by atoms with Crippen LogP contribution in [0.2, 0.25) is 0 Å². The van der Waals surface area contributed by atoms with Gasteiger partial charge in [0.1, 0.15) is 18.1 Å². The normalized spacial score (nSPS) is 15.4. The van der Waals surface area contributed by atoms with E-state index < -0.39 is 17.8 Å². The van der Waals surface area contributed by atoms with E-state index in [0.29, 0.717) is 17.3 Å². The van der Waals surface area contributed by atoms with E-state index in [-0.39, 0.29) is 43.2 Å². The minimum Gasteiger partial charge on any atom is -0.467 e. The Morgan fingerprint density at radius 2 is 1.88 bits per heavy atom. The summed E-state index contributed by atoms with van der Waals surface area (Å²) < 4.78 is 30.9. The Labute approximate surface area is 235 Å². The zero-order valence-corrected chi connectivity index (χ0v) is 22.2. The summed E-state index contributed by atoms with van der Waals surface area (Å²) in [5, 5.41) is 15.3. The summed E-state index contributed by atoms with van der Waals surface area (Å²) in [6.45, 7) is -0.156. The van der Waals surface area contributed by atoms with E-state index in [4.69, 9.17) is 13.9 Å². The predicted molar refractivity (Wildman–Crippen MR) is 143 cm³/mol. The van der Waals surface area contributed by atoms with Crippen LogP contribution in [0.3, 0.4) is 0 Å². The lowest BCUT2D eigenvalue weighted by molar-refractivity contribution is -0.143. The van der Waals surface area contributed by atoms with Crippen molar-refractivity contribution in [2.45, 2.75) is 57.3 Å². The van der Waals surface area contributed by atoms with E-state index in [1.165, 1.54) is 23.3 Å². The molecule has 1 atom stereocenters. The van der Waals surface area contributed by atoms with Crippen molar-refractivity contribution in [3.8, 4) is 22.9 Å². The molecule has 1 aliphatic heterocycles. The van der Waals surface area contributed by atoms with Gasteiger partial charge in [0.15, 0.2) is 17.5 Å². The molecule has 4 aromatic rings. The lowest BCUT2D eigenvalue weighted by Gasteiger charge is -2.32. The molecule has 0 unspecified atom stereocenters. The Bertz CT molecular complexity index is 1520.